The lowest BCUT2D eigenvalue weighted by molar-refractivity contribution is -0.116. The van der Waals surface area contributed by atoms with Crippen molar-refractivity contribution in [1.29, 1.82) is 0 Å². The molecule has 0 unspecified atom stereocenters. The zero-order valence-corrected chi connectivity index (χ0v) is 12.8. The van der Waals surface area contributed by atoms with Gasteiger partial charge in [-0.05, 0) is 32.0 Å². The van der Waals surface area contributed by atoms with Crippen LogP contribution in [-0.4, -0.2) is 28.9 Å². The number of alkyl halides is 2. The minimum Gasteiger partial charge on any atom is -0.490 e. The Morgan fingerprint density at radius 1 is 1.35 bits per heavy atom. The van der Waals surface area contributed by atoms with Crippen LogP contribution in [0, 0.1) is 6.92 Å². The first-order chi connectivity index (χ1) is 11.0. The predicted octanol–water partition coefficient (Wildman–Crippen LogP) is 2.83. The molecule has 1 heterocycles. The monoisotopic (exact) mass is 325 g/mol. The lowest BCUT2D eigenvalue weighted by Crippen LogP contribution is -2.19. The van der Waals surface area contributed by atoms with Gasteiger partial charge in [-0.15, -0.1) is 0 Å². The molecule has 0 spiro atoms. The molecule has 124 valence electrons. The summed E-state index contributed by atoms with van der Waals surface area (Å²) in [5.74, 6) is -0.235. The molecular formula is C15H17F2N3O3. The smallest absolute Gasteiger partial charge is 0.387 e. The summed E-state index contributed by atoms with van der Waals surface area (Å²) >= 11 is 0. The molecule has 1 amide bonds. The first kappa shape index (κ1) is 16.7. The molecule has 0 atom stereocenters. The largest absolute Gasteiger partial charge is 0.490 e. The number of nitrogens with one attached hydrogen (secondary N) is 1. The van der Waals surface area contributed by atoms with E-state index in [0.717, 1.165) is 5.69 Å². The molecule has 0 saturated carbocycles. The van der Waals surface area contributed by atoms with Crippen molar-refractivity contribution in [3.63, 3.8) is 0 Å². The Morgan fingerprint density at radius 2 is 2.13 bits per heavy atom. The summed E-state index contributed by atoms with van der Waals surface area (Å²) in [6.07, 6.45) is 1.69. The second-order valence-corrected chi connectivity index (χ2v) is 4.68. The van der Waals surface area contributed by atoms with Gasteiger partial charge in [0, 0.05) is 18.0 Å². The van der Waals surface area contributed by atoms with Crippen LogP contribution < -0.4 is 14.8 Å². The zero-order chi connectivity index (χ0) is 16.8. The van der Waals surface area contributed by atoms with Gasteiger partial charge < -0.3 is 14.8 Å². The lowest BCUT2D eigenvalue weighted by Gasteiger charge is -2.13. The van der Waals surface area contributed by atoms with E-state index in [4.69, 9.17) is 4.74 Å². The van der Waals surface area contributed by atoms with Crippen molar-refractivity contribution in [3.05, 3.63) is 36.2 Å². The first-order valence-electron chi connectivity index (χ1n) is 6.99. The van der Waals surface area contributed by atoms with Crippen LogP contribution in [0.4, 0.5) is 14.5 Å². The summed E-state index contributed by atoms with van der Waals surface area (Å²) < 4.78 is 35.8. The van der Waals surface area contributed by atoms with Gasteiger partial charge in [0.25, 0.3) is 0 Å². The van der Waals surface area contributed by atoms with Crippen LogP contribution in [-0.2, 0) is 11.3 Å². The summed E-state index contributed by atoms with van der Waals surface area (Å²) in [5.41, 5.74) is 1.23. The van der Waals surface area contributed by atoms with Crippen LogP contribution >= 0.6 is 0 Å². The Labute approximate surface area is 132 Å². The Bertz CT molecular complexity index is 674. The van der Waals surface area contributed by atoms with Gasteiger partial charge in [0.2, 0.25) is 5.91 Å². The maximum absolute atomic E-state index is 12.3. The average Bonchev–Trinajstić information content (AvgIpc) is 2.86. The van der Waals surface area contributed by atoms with Crippen molar-refractivity contribution in [2.45, 2.75) is 27.0 Å². The number of carbonyl (C=O) groups is 1. The minimum atomic E-state index is -2.95. The van der Waals surface area contributed by atoms with Gasteiger partial charge in [-0.2, -0.15) is 13.9 Å². The Morgan fingerprint density at radius 3 is 2.74 bits per heavy atom. The number of halogens is 2. The van der Waals surface area contributed by atoms with Crippen LogP contribution in [0.3, 0.4) is 0 Å². The Balaban J connectivity index is 2.06. The number of carbonyl (C=O) groups excluding carboxylic acids is 1. The maximum Gasteiger partial charge on any atom is 0.387 e. The van der Waals surface area contributed by atoms with Gasteiger partial charge in [0.05, 0.1) is 12.3 Å². The molecule has 0 aliphatic heterocycles. The van der Waals surface area contributed by atoms with Crippen molar-refractivity contribution in [2.24, 2.45) is 0 Å². The standard InChI is InChI=1S/C15H17F2N3O3/c1-3-22-13-8-11(4-5-12(13)23-15(16)17)18-14(21)9-20-7-6-10(2)19-20/h4-8,15H,3,9H2,1-2H3,(H,18,21). The third-order valence-electron chi connectivity index (χ3n) is 2.82. The number of aromatic nitrogens is 2. The quantitative estimate of drug-likeness (QED) is 0.850. The molecule has 0 saturated heterocycles. The van der Waals surface area contributed by atoms with Crippen molar-refractivity contribution in [3.8, 4) is 11.5 Å². The van der Waals surface area contributed by atoms with E-state index in [1.165, 1.54) is 22.9 Å². The molecule has 23 heavy (non-hydrogen) atoms. The van der Waals surface area contributed by atoms with Gasteiger partial charge >= 0.3 is 6.61 Å². The molecule has 2 rings (SSSR count). The average molecular weight is 325 g/mol. The van der Waals surface area contributed by atoms with E-state index in [1.807, 2.05) is 6.92 Å². The highest BCUT2D eigenvalue weighted by Crippen LogP contribution is 2.31. The van der Waals surface area contributed by atoms with Gasteiger partial charge in [0.1, 0.15) is 6.54 Å². The third kappa shape index (κ3) is 4.94. The number of anilines is 1. The molecule has 0 bridgehead atoms. The number of ether oxygens (including phenoxy) is 2. The summed E-state index contributed by atoms with van der Waals surface area (Å²) in [4.78, 5) is 12.0. The van der Waals surface area contributed by atoms with E-state index >= 15 is 0 Å². The predicted molar refractivity (Wildman–Crippen MR) is 79.8 cm³/mol. The van der Waals surface area contributed by atoms with E-state index in [1.54, 1.807) is 19.2 Å². The number of nitrogens with zero attached hydrogens (tertiary/aromatic N) is 2. The summed E-state index contributed by atoms with van der Waals surface area (Å²) in [6.45, 7) is 0.927. The minimum absolute atomic E-state index is 0.0487. The second kappa shape index (κ2) is 7.57. The number of hydrogen-bond donors (Lipinski definition) is 1. The Hall–Kier alpha value is -2.64. The second-order valence-electron chi connectivity index (χ2n) is 4.68. The fourth-order valence-corrected chi connectivity index (χ4v) is 1.95. The molecule has 1 aromatic heterocycles. The van der Waals surface area contributed by atoms with Crippen molar-refractivity contribution >= 4 is 11.6 Å². The maximum atomic E-state index is 12.3. The van der Waals surface area contributed by atoms with Crippen molar-refractivity contribution in [2.75, 3.05) is 11.9 Å². The van der Waals surface area contributed by atoms with Gasteiger partial charge in [-0.3, -0.25) is 9.48 Å². The zero-order valence-electron chi connectivity index (χ0n) is 12.8. The van der Waals surface area contributed by atoms with E-state index < -0.39 is 6.61 Å². The molecular weight excluding hydrogens is 308 g/mol. The van der Waals surface area contributed by atoms with E-state index in [0.29, 0.717) is 5.69 Å². The molecule has 0 aliphatic rings. The van der Waals surface area contributed by atoms with Crippen LogP contribution in [0.2, 0.25) is 0 Å². The van der Waals surface area contributed by atoms with E-state index in [2.05, 4.69) is 15.2 Å². The normalized spacial score (nSPS) is 10.7. The molecule has 0 fully saturated rings. The number of aryl methyl sites for hydroxylation is 1. The Kier molecular flexibility index (Phi) is 5.51. The van der Waals surface area contributed by atoms with Gasteiger partial charge in [-0.25, -0.2) is 0 Å². The number of benzene rings is 1. The van der Waals surface area contributed by atoms with E-state index in [-0.39, 0.29) is 30.6 Å². The van der Waals surface area contributed by atoms with Crippen molar-refractivity contribution in [1.82, 2.24) is 9.78 Å². The summed E-state index contributed by atoms with van der Waals surface area (Å²) in [6, 6.07) is 6.02. The topological polar surface area (TPSA) is 65.4 Å². The SMILES string of the molecule is CCOc1cc(NC(=O)Cn2ccc(C)n2)ccc1OC(F)F. The van der Waals surface area contributed by atoms with Gasteiger partial charge in [-0.1, -0.05) is 0 Å². The fraction of sp³-hybridized carbons (Fsp3) is 0.333. The van der Waals surface area contributed by atoms with Crippen LogP contribution in [0.5, 0.6) is 11.5 Å². The molecule has 8 heteroatoms. The number of amides is 1. The van der Waals surface area contributed by atoms with Crippen LogP contribution in [0.25, 0.3) is 0 Å². The summed E-state index contributed by atoms with van der Waals surface area (Å²) in [5, 5.41) is 6.77. The molecule has 0 radical (unpaired) electrons. The summed E-state index contributed by atoms with van der Waals surface area (Å²) in [7, 11) is 0. The van der Waals surface area contributed by atoms with Crippen molar-refractivity contribution < 1.29 is 23.0 Å². The first-order valence-corrected chi connectivity index (χ1v) is 6.99. The highest BCUT2D eigenvalue weighted by atomic mass is 19.3. The van der Waals surface area contributed by atoms with Crippen LogP contribution in [0.1, 0.15) is 12.6 Å². The van der Waals surface area contributed by atoms with Crippen LogP contribution in [0.15, 0.2) is 30.5 Å². The molecule has 1 aromatic carbocycles. The highest BCUT2D eigenvalue weighted by molar-refractivity contribution is 5.90. The molecule has 0 aliphatic carbocycles. The number of hydrogen-bond acceptors (Lipinski definition) is 4. The lowest BCUT2D eigenvalue weighted by atomic mass is 10.2. The molecule has 1 N–H and O–H groups in total. The number of rotatable bonds is 7. The fourth-order valence-electron chi connectivity index (χ4n) is 1.95. The van der Waals surface area contributed by atoms with Gasteiger partial charge in [0.15, 0.2) is 11.5 Å². The van der Waals surface area contributed by atoms with E-state index in [9.17, 15) is 13.6 Å². The third-order valence-corrected chi connectivity index (χ3v) is 2.82. The molecule has 2 aromatic rings. The molecule has 6 nitrogen and oxygen atoms in total. The highest BCUT2D eigenvalue weighted by Gasteiger charge is 2.13.